The Morgan fingerprint density at radius 1 is 1.37 bits per heavy atom. The van der Waals surface area contributed by atoms with Crippen molar-refractivity contribution in [1.82, 2.24) is 4.90 Å². The minimum absolute atomic E-state index is 0.0680. The molecule has 3 rings (SSSR count). The molecule has 0 radical (unpaired) electrons. The van der Waals surface area contributed by atoms with Crippen molar-refractivity contribution < 1.29 is 9.18 Å². The number of carbonyl (C=O) groups excluding carboxylic acids is 1. The van der Waals surface area contributed by atoms with Gasteiger partial charge in [-0.1, -0.05) is 0 Å². The number of halogens is 1. The summed E-state index contributed by atoms with van der Waals surface area (Å²) in [5, 5.41) is 8.72. The van der Waals surface area contributed by atoms with Crippen molar-refractivity contribution in [2.45, 2.75) is 18.9 Å². The van der Waals surface area contributed by atoms with E-state index >= 15 is 0 Å². The summed E-state index contributed by atoms with van der Waals surface area (Å²) >= 11 is 0. The smallest absolute Gasteiger partial charge is 0.223 e. The highest BCUT2D eigenvalue weighted by molar-refractivity contribution is 5.79. The van der Waals surface area contributed by atoms with E-state index in [0.29, 0.717) is 19.5 Å². The van der Waals surface area contributed by atoms with Gasteiger partial charge in [-0.05, 0) is 24.6 Å². The summed E-state index contributed by atoms with van der Waals surface area (Å²) < 4.78 is 13.6. The number of amides is 1. The van der Waals surface area contributed by atoms with Crippen LogP contribution in [0, 0.1) is 17.1 Å². The molecule has 0 N–H and O–H groups in total. The van der Waals surface area contributed by atoms with E-state index in [0.717, 1.165) is 18.7 Å². The number of hydrogen-bond acceptors (Lipinski definition) is 3. The van der Waals surface area contributed by atoms with Crippen molar-refractivity contribution in [2.24, 2.45) is 0 Å². The van der Waals surface area contributed by atoms with Crippen LogP contribution in [0.4, 0.5) is 10.1 Å². The Bertz CT molecular complexity index is 566. The highest BCUT2D eigenvalue weighted by Crippen LogP contribution is 2.27. The molecular formula is C14H14FN3O. The monoisotopic (exact) mass is 259 g/mol. The largest absolute Gasteiger partial charge is 0.368 e. The molecule has 0 aromatic heterocycles. The Kier molecular flexibility index (Phi) is 2.86. The van der Waals surface area contributed by atoms with Crippen LogP contribution in [0.5, 0.6) is 0 Å². The number of nitriles is 1. The molecular weight excluding hydrogens is 245 g/mol. The molecule has 0 saturated carbocycles. The highest BCUT2D eigenvalue weighted by atomic mass is 19.1. The van der Waals surface area contributed by atoms with E-state index < -0.39 is 5.82 Å². The van der Waals surface area contributed by atoms with Crippen molar-refractivity contribution in [3.63, 3.8) is 0 Å². The molecule has 19 heavy (non-hydrogen) atoms. The molecule has 1 unspecified atom stereocenters. The van der Waals surface area contributed by atoms with Crippen LogP contribution in [0.15, 0.2) is 18.2 Å². The number of benzene rings is 1. The van der Waals surface area contributed by atoms with Crippen molar-refractivity contribution >= 4 is 11.6 Å². The maximum Gasteiger partial charge on any atom is 0.223 e. The van der Waals surface area contributed by atoms with Crippen LogP contribution >= 0.6 is 0 Å². The van der Waals surface area contributed by atoms with Gasteiger partial charge in [-0.2, -0.15) is 5.26 Å². The minimum atomic E-state index is -0.482. The molecule has 0 aliphatic carbocycles. The summed E-state index contributed by atoms with van der Waals surface area (Å²) in [5.74, 6) is -0.249. The van der Waals surface area contributed by atoms with Crippen molar-refractivity contribution in [3.05, 3.63) is 29.6 Å². The van der Waals surface area contributed by atoms with Crippen LogP contribution in [0.1, 0.15) is 18.4 Å². The Labute approximate surface area is 111 Å². The zero-order chi connectivity index (χ0) is 13.4. The van der Waals surface area contributed by atoms with Gasteiger partial charge in [-0.15, -0.1) is 0 Å². The van der Waals surface area contributed by atoms with E-state index in [4.69, 9.17) is 5.26 Å². The number of carbonyl (C=O) groups is 1. The van der Waals surface area contributed by atoms with Crippen LogP contribution in [-0.4, -0.2) is 36.5 Å². The molecule has 1 aromatic carbocycles. The van der Waals surface area contributed by atoms with Crippen LogP contribution in [0.2, 0.25) is 0 Å². The third-order valence-corrected chi connectivity index (χ3v) is 3.93. The second-order valence-corrected chi connectivity index (χ2v) is 5.00. The molecule has 1 atom stereocenters. The van der Waals surface area contributed by atoms with Gasteiger partial charge in [0.1, 0.15) is 11.9 Å². The van der Waals surface area contributed by atoms with Crippen molar-refractivity contribution in [2.75, 3.05) is 24.5 Å². The molecule has 2 heterocycles. The maximum absolute atomic E-state index is 13.6. The minimum Gasteiger partial charge on any atom is -0.368 e. The van der Waals surface area contributed by atoms with E-state index in [-0.39, 0.29) is 17.5 Å². The van der Waals surface area contributed by atoms with Crippen molar-refractivity contribution in [3.8, 4) is 6.07 Å². The number of rotatable bonds is 1. The van der Waals surface area contributed by atoms with E-state index in [2.05, 4.69) is 4.90 Å². The summed E-state index contributed by atoms with van der Waals surface area (Å²) in [5.41, 5.74) is 0.855. The predicted molar refractivity (Wildman–Crippen MR) is 68.1 cm³/mol. The lowest BCUT2D eigenvalue weighted by Crippen LogP contribution is -2.51. The normalized spacial score (nSPS) is 22.3. The van der Waals surface area contributed by atoms with E-state index in [1.165, 1.54) is 12.1 Å². The first-order valence-electron chi connectivity index (χ1n) is 6.43. The summed E-state index contributed by atoms with van der Waals surface area (Å²) in [6.07, 6.45) is 1.51. The van der Waals surface area contributed by atoms with Gasteiger partial charge in [0, 0.05) is 37.8 Å². The van der Waals surface area contributed by atoms with Crippen LogP contribution in [0.25, 0.3) is 0 Å². The lowest BCUT2D eigenvalue weighted by molar-refractivity contribution is -0.129. The third-order valence-electron chi connectivity index (χ3n) is 3.93. The zero-order valence-corrected chi connectivity index (χ0v) is 10.5. The average Bonchev–Trinajstić information content (AvgIpc) is 2.80. The molecule has 1 aromatic rings. The number of anilines is 1. The lowest BCUT2D eigenvalue weighted by Gasteiger charge is -2.38. The molecule has 2 aliphatic rings. The fourth-order valence-electron chi connectivity index (χ4n) is 2.89. The molecule has 2 saturated heterocycles. The average molecular weight is 259 g/mol. The fraction of sp³-hybridized carbons (Fsp3) is 0.429. The van der Waals surface area contributed by atoms with Crippen LogP contribution < -0.4 is 4.90 Å². The molecule has 5 heteroatoms. The first-order chi connectivity index (χ1) is 9.19. The van der Waals surface area contributed by atoms with Gasteiger partial charge in [0.2, 0.25) is 5.91 Å². The molecule has 2 fully saturated rings. The number of piperazine rings is 1. The van der Waals surface area contributed by atoms with Crippen LogP contribution in [-0.2, 0) is 4.79 Å². The zero-order valence-electron chi connectivity index (χ0n) is 10.5. The first-order valence-corrected chi connectivity index (χ1v) is 6.43. The van der Waals surface area contributed by atoms with Gasteiger partial charge >= 0.3 is 0 Å². The predicted octanol–water partition coefficient (Wildman–Crippen LogP) is 1.51. The van der Waals surface area contributed by atoms with Gasteiger partial charge in [-0.25, -0.2) is 4.39 Å². The molecule has 2 aliphatic heterocycles. The summed E-state index contributed by atoms with van der Waals surface area (Å²) in [7, 11) is 0. The van der Waals surface area contributed by atoms with E-state index in [1.54, 1.807) is 6.07 Å². The Hall–Kier alpha value is -2.09. The SMILES string of the molecule is N#Cc1ccc(N2CCN3C(=O)CCC3C2)cc1F. The summed E-state index contributed by atoms with van der Waals surface area (Å²) in [6.45, 7) is 2.16. The second kappa shape index (κ2) is 4.54. The molecule has 1 amide bonds. The topological polar surface area (TPSA) is 47.3 Å². The standard InChI is InChI=1S/C14H14FN3O/c15-13-7-11(2-1-10(13)8-16)17-5-6-18-12(9-17)3-4-14(18)19/h1-2,7,12H,3-6,9H2. The highest BCUT2D eigenvalue weighted by Gasteiger charge is 2.35. The molecule has 0 spiro atoms. The first kappa shape index (κ1) is 12.0. The molecule has 4 nitrogen and oxygen atoms in total. The second-order valence-electron chi connectivity index (χ2n) is 5.00. The molecule has 98 valence electrons. The van der Waals surface area contributed by atoms with E-state index in [1.807, 2.05) is 11.0 Å². The van der Waals surface area contributed by atoms with Gasteiger partial charge in [0.15, 0.2) is 0 Å². The third kappa shape index (κ3) is 2.03. The number of fused-ring (bicyclic) bond motifs is 1. The van der Waals surface area contributed by atoms with Gasteiger partial charge in [-0.3, -0.25) is 4.79 Å². The van der Waals surface area contributed by atoms with Crippen LogP contribution in [0.3, 0.4) is 0 Å². The Morgan fingerprint density at radius 3 is 2.95 bits per heavy atom. The quantitative estimate of drug-likeness (QED) is 0.768. The van der Waals surface area contributed by atoms with Gasteiger partial charge in [0.25, 0.3) is 0 Å². The summed E-state index contributed by atoms with van der Waals surface area (Å²) in [4.78, 5) is 15.6. The maximum atomic E-state index is 13.6. The fourth-order valence-corrected chi connectivity index (χ4v) is 2.89. The van der Waals surface area contributed by atoms with E-state index in [9.17, 15) is 9.18 Å². The molecule has 0 bridgehead atoms. The van der Waals surface area contributed by atoms with Crippen molar-refractivity contribution in [1.29, 1.82) is 5.26 Å². The lowest BCUT2D eigenvalue weighted by atomic mass is 10.1. The Balaban J connectivity index is 1.79. The number of nitrogens with zero attached hydrogens (tertiary/aromatic N) is 3. The van der Waals surface area contributed by atoms with Gasteiger partial charge < -0.3 is 9.80 Å². The number of hydrogen-bond donors (Lipinski definition) is 0. The summed E-state index contributed by atoms with van der Waals surface area (Å²) in [6, 6.07) is 6.76. The van der Waals surface area contributed by atoms with Gasteiger partial charge in [0.05, 0.1) is 5.56 Å². The Morgan fingerprint density at radius 2 is 2.21 bits per heavy atom.